The Morgan fingerprint density at radius 3 is 2.55 bits per heavy atom. The lowest BCUT2D eigenvalue weighted by Crippen LogP contribution is -2.33. The number of rotatable bonds is 7. The number of carbonyl (C=O) groups is 1. The van der Waals surface area contributed by atoms with Gasteiger partial charge in [-0.1, -0.05) is 47.5 Å². The van der Waals surface area contributed by atoms with E-state index >= 15 is 0 Å². The molecule has 150 valence electrons. The van der Waals surface area contributed by atoms with Gasteiger partial charge in [0, 0.05) is 16.0 Å². The molecule has 0 saturated carbocycles. The molecule has 0 aliphatic carbocycles. The van der Waals surface area contributed by atoms with Crippen molar-refractivity contribution in [1.29, 1.82) is 0 Å². The highest BCUT2D eigenvalue weighted by molar-refractivity contribution is 6.35. The van der Waals surface area contributed by atoms with E-state index in [0.29, 0.717) is 22.4 Å². The van der Waals surface area contributed by atoms with Crippen molar-refractivity contribution in [3.8, 4) is 11.5 Å². The molecule has 0 unspecified atom stereocenters. The number of benzene rings is 3. The summed E-state index contributed by atoms with van der Waals surface area (Å²) in [4.78, 5) is 12.3. The monoisotopic (exact) mass is 430 g/mol. The molecule has 1 atom stereocenters. The molecule has 0 saturated heterocycles. The van der Waals surface area contributed by atoms with Crippen LogP contribution in [0.1, 0.15) is 19.4 Å². The molecule has 3 aromatic carbocycles. The van der Waals surface area contributed by atoms with Gasteiger partial charge in [0.2, 0.25) is 0 Å². The lowest BCUT2D eigenvalue weighted by Gasteiger charge is -2.14. The van der Waals surface area contributed by atoms with E-state index in [-0.39, 0.29) is 0 Å². The Balaban J connectivity index is 1.69. The van der Waals surface area contributed by atoms with Crippen LogP contribution < -0.4 is 14.9 Å². The smallest absolute Gasteiger partial charge is 0.280 e. The molecule has 0 heterocycles. The van der Waals surface area contributed by atoms with Crippen LogP contribution >= 0.6 is 23.2 Å². The predicted molar refractivity (Wildman–Crippen MR) is 117 cm³/mol. The molecular weight excluding hydrogens is 411 g/mol. The molecule has 0 aliphatic heterocycles. The molecule has 0 aliphatic rings. The maximum Gasteiger partial charge on any atom is 0.280 e. The number of nitrogens with one attached hydrogen (secondary N) is 1. The Hall–Kier alpha value is -2.76. The van der Waals surface area contributed by atoms with Crippen LogP contribution in [0.4, 0.5) is 0 Å². The van der Waals surface area contributed by atoms with Crippen LogP contribution in [0, 0.1) is 0 Å². The number of amides is 1. The summed E-state index contributed by atoms with van der Waals surface area (Å²) in [5.74, 6) is 0.786. The van der Waals surface area contributed by atoms with E-state index in [2.05, 4.69) is 10.5 Å². The standard InChI is InChI=1S/C22H20Cl2N2O3/c1-3-28-20-10-8-15(17-6-4-5-7-18(17)20)13-25-26-22(27)14(2)29-21-11-9-16(23)12-19(21)24/h4-14H,3H2,1-2H3,(H,26,27)/t14-/m0/s1. The first-order valence-corrected chi connectivity index (χ1v) is 9.84. The average molecular weight is 431 g/mol. The lowest BCUT2D eigenvalue weighted by molar-refractivity contribution is -0.127. The molecular formula is C22H20Cl2N2O3. The van der Waals surface area contributed by atoms with Crippen molar-refractivity contribution >= 4 is 46.1 Å². The molecule has 0 fully saturated rings. The van der Waals surface area contributed by atoms with Gasteiger partial charge in [-0.25, -0.2) is 5.43 Å². The topological polar surface area (TPSA) is 59.9 Å². The molecule has 1 amide bonds. The van der Waals surface area contributed by atoms with Crippen LogP contribution in [0.2, 0.25) is 10.0 Å². The Morgan fingerprint density at radius 2 is 1.83 bits per heavy atom. The van der Waals surface area contributed by atoms with Gasteiger partial charge in [-0.15, -0.1) is 0 Å². The molecule has 5 nitrogen and oxygen atoms in total. The van der Waals surface area contributed by atoms with Gasteiger partial charge in [0.05, 0.1) is 17.8 Å². The van der Waals surface area contributed by atoms with Crippen LogP contribution in [-0.4, -0.2) is 24.8 Å². The van der Waals surface area contributed by atoms with E-state index in [0.717, 1.165) is 22.1 Å². The van der Waals surface area contributed by atoms with Crippen LogP contribution in [0.25, 0.3) is 10.8 Å². The predicted octanol–water partition coefficient (Wildman–Crippen LogP) is 5.46. The maximum atomic E-state index is 12.3. The number of nitrogens with zero attached hydrogens (tertiary/aromatic N) is 1. The normalized spacial score (nSPS) is 12.1. The van der Waals surface area contributed by atoms with Crippen LogP contribution in [0.5, 0.6) is 11.5 Å². The fraction of sp³-hybridized carbons (Fsp3) is 0.182. The van der Waals surface area contributed by atoms with E-state index in [4.69, 9.17) is 32.7 Å². The maximum absolute atomic E-state index is 12.3. The van der Waals surface area contributed by atoms with E-state index in [1.807, 2.05) is 43.3 Å². The minimum Gasteiger partial charge on any atom is -0.493 e. The molecule has 3 aromatic rings. The summed E-state index contributed by atoms with van der Waals surface area (Å²) in [5.41, 5.74) is 3.35. The zero-order valence-electron chi connectivity index (χ0n) is 16.0. The van der Waals surface area contributed by atoms with Crippen molar-refractivity contribution in [3.05, 3.63) is 70.2 Å². The third-order valence-corrected chi connectivity index (χ3v) is 4.69. The van der Waals surface area contributed by atoms with Crippen molar-refractivity contribution in [1.82, 2.24) is 5.43 Å². The van der Waals surface area contributed by atoms with Crippen LogP contribution in [-0.2, 0) is 4.79 Å². The fourth-order valence-electron chi connectivity index (χ4n) is 2.76. The van der Waals surface area contributed by atoms with Crippen molar-refractivity contribution in [2.24, 2.45) is 5.10 Å². The molecule has 1 N–H and O–H groups in total. The molecule has 0 aromatic heterocycles. The number of halogens is 2. The number of ether oxygens (including phenoxy) is 2. The Bertz CT molecular complexity index is 1050. The number of fused-ring (bicyclic) bond motifs is 1. The molecule has 7 heteroatoms. The summed E-state index contributed by atoms with van der Waals surface area (Å²) in [6.07, 6.45) is 0.806. The van der Waals surface area contributed by atoms with Crippen LogP contribution in [0.3, 0.4) is 0 Å². The second-order valence-electron chi connectivity index (χ2n) is 6.20. The zero-order valence-corrected chi connectivity index (χ0v) is 17.5. The Labute approximate surface area is 179 Å². The highest BCUT2D eigenvalue weighted by Gasteiger charge is 2.15. The fourth-order valence-corrected chi connectivity index (χ4v) is 3.21. The highest BCUT2D eigenvalue weighted by atomic mass is 35.5. The van der Waals surface area contributed by atoms with E-state index in [1.54, 1.807) is 31.3 Å². The second kappa shape index (κ2) is 9.63. The van der Waals surface area contributed by atoms with Crippen molar-refractivity contribution < 1.29 is 14.3 Å². The summed E-state index contributed by atoms with van der Waals surface area (Å²) in [5, 5.41) is 6.86. The molecule has 3 rings (SSSR count). The lowest BCUT2D eigenvalue weighted by atomic mass is 10.0. The minimum atomic E-state index is -0.789. The molecule has 0 radical (unpaired) electrons. The largest absolute Gasteiger partial charge is 0.493 e. The van der Waals surface area contributed by atoms with Gasteiger partial charge < -0.3 is 9.47 Å². The number of carbonyl (C=O) groups excluding carboxylic acids is 1. The summed E-state index contributed by atoms with van der Waals surface area (Å²) in [6.45, 7) is 4.14. The quantitative estimate of drug-likeness (QED) is 0.399. The third-order valence-electron chi connectivity index (χ3n) is 4.16. The van der Waals surface area contributed by atoms with Gasteiger partial charge in [0.15, 0.2) is 6.10 Å². The van der Waals surface area contributed by atoms with Gasteiger partial charge >= 0.3 is 0 Å². The average Bonchev–Trinajstić information content (AvgIpc) is 2.71. The van der Waals surface area contributed by atoms with Gasteiger partial charge in [-0.2, -0.15) is 5.10 Å². The summed E-state index contributed by atoms with van der Waals surface area (Å²) in [6, 6.07) is 16.5. The zero-order chi connectivity index (χ0) is 20.8. The Kier molecular flexibility index (Phi) is 6.96. The van der Waals surface area contributed by atoms with E-state index in [1.165, 1.54) is 0 Å². The van der Waals surface area contributed by atoms with Gasteiger partial charge in [0.1, 0.15) is 11.5 Å². The summed E-state index contributed by atoms with van der Waals surface area (Å²) < 4.78 is 11.3. The summed E-state index contributed by atoms with van der Waals surface area (Å²) in [7, 11) is 0. The number of hydrazone groups is 1. The molecule has 0 bridgehead atoms. The highest BCUT2D eigenvalue weighted by Crippen LogP contribution is 2.29. The first-order valence-electron chi connectivity index (χ1n) is 9.08. The Morgan fingerprint density at radius 1 is 1.10 bits per heavy atom. The summed E-state index contributed by atoms with van der Waals surface area (Å²) >= 11 is 11.9. The SMILES string of the molecule is CCOc1ccc(C=NNC(=O)[C@H](C)Oc2ccc(Cl)cc2Cl)c2ccccc12. The van der Waals surface area contributed by atoms with Gasteiger partial charge in [0.25, 0.3) is 5.91 Å². The van der Waals surface area contributed by atoms with Crippen molar-refractivity contribution in [3.63, 3.8) is 0 Å². The second-order valence-corrected chi connectivity index (χ2v) is 7.04. The van der Waals surface area contributed by atoms with Gasteiger partial charge in [-0.05, 0) is 49.6 Å². The molecule has 29 heavy (non-hydrogen) atoms. The number of hydrogen-bond donors (Lipinski definition) is 1. The third kappa shape index (κ3) is 5.19. The number of hydrogen-bond acceptors (Lipinski definition) is 4. The van der Waals surface area contributed by atoms with E-state index in [9.17, 15) is 4.79 Å². The molecule has 0 spiro atoms. The van der Waals surface area contributed by atoms with E-state index < -0.39 is 12.0 Å². The van der Waals surface area contributed by atoms with Gasteiger partial charge in [-0.3, -0.25) is 4.79 Å². The first-order chi connectivity index (χ1) is 14.0. The van der Waals surface area contributed by atoms with Crippen LogP contribution in [0.15, 0.2) is 59.7 Å². The minimum absolute atomic E-state index is 0.335. The van der Waals surface area contributed by atoms with Crippen molar-refractivity contribution in [2.45, 2.75) is 20.0 Å². The first kappa shape index (κ1) is 21.0. The van der Waals surface area contributed by atoms with Crippen molar-refractivity contribution in [2.75, 3.05) is 6.61 Å².